The predicted molar refractivity (Wildman–Crippen MR) is 72.2 cm³/mol. The van der Waals surface area contributed by atoms with Gasteiger partial charge in [0.15, 0.2) is 0 Å². The molecule has 1 aromatic carbocycles. The lowest BCUT2D eigenvalue weighted by Gasteiger charge is -2.14. The summed E-state index contributed by atoms with van der Waals surface area (Å²) in [6.45, 7) is 1.60. The normalized spacial score (nSPS) is 14.6. The fourth-order valence-corrected chi connectivity index (χ4v) is 2.16. The maximum absolute atomic E-state index is 10.7. The molecule has 0 fully saturated rings. The molecule has 0 radical (unpaired) electrons. The minimum atomic E-state index is -4.55. The summed E-state index contributed by atoms with van der Waals surface area (Å²) in [7, 11) is -4.55. The van der Waals surface area contributed by atoms with Gasteiger partial charge in [-0.3, -0.25) is 14.6 Å². The number of phosphoric acid groups is 1. The Kier molecular flexibility index (Phi) is 5.71. The highest BCUT2D eigenvalue weighted by atomic mass is 31.2. The highest BCUT2D eigenvalue weighted by Crippen LogP contribution is 2.37. The van der Waals surface area contributed by atoms with E-state index in [1.807, 2.05) is 0 Å². The number of hydrogen-bond donors (Lipinski definition) is 4. The van der Waals surface area contributed by atoms with E-state index in [-0.39, 0.29) is 11.8 Å². The molecule has 0 amide bonds. The first-order chi connectivity index (χ1) is 9.17. The monoisotopic (exact) mass is 303 g/mol. The van der Waals surface area contributed by atoms with Gasteiger partial charge in [0.05, 0.1) is 5.92 Å². The Labute approximate surface area is 116 Å². The number of carboxylic acids is 1. The third-order valence-corrected chi connectivity index (χ3v) is 3.17. The summed E-state index contributed by atoms with van der Waals surface area (Å²) < 4.78 is 15.1. The third kappa shape index (κ3) is 6.16. The van der Waals surface area contributed by atoms with Gasteiger partial charge in [-0.25, -0.2) is 4.57 Å². The minimum absolute atomic E-state index is 0.0644. The van der Waals surface area contributed by atoms with Crippen LogP contribution in [0.2, 0.25) is 0 Å². The van der Waals surface area contributed by atoms with Crippen molar-refractivity contribution in [2.24, 2.45) is 11.7 Å². The first-order valence-corrected chi connectivity index (χ1v) is 7.53. The second-order valence-electron chi connectivity index (χ2n) is 4.67. The van der Waals surface area contributed by atoms with Crippen LogP contribution >= 0.6 is 7.82 Å². The second kappa shape index (κ2) is 6.85. The molecule has 112 valence electrons. The second-order valence-corrected chi connectivity index (χ2v) is 5.83. The Balaban J connectivity index is 2.57. The van der Waals surface area contributed by atoms with E-state index in [2.05, 4.69) is 4.52 Å². The van der Waals surface area contributed by atoms with E-state index >= 15 is 0 Å². The van der Waals surface area contributed by atoms with Gasteiger partial charge >= 0.3 is 13.8 Å². The molecule has 2 atom stereocenters. The molecule has 0 saturated carbocycles. The van der Waals surface area contributed by atoms with Crippen molar-refractivity contribution in [3.8, 4) is 5.75 Å². The van der Waals surface area contributed by atoms with Gasteiger partial charge in [-0.1, -0.05) is 19.1 Å². The molecule has 0 saturated heterocycles. The fraction of sp³-hybridized carbons (Fsp3) is 0.417. The van der Waals surface area contributed by atoms with Crippen molar-refractivity contribution < 1.29 is 28.8 Å². The molecule has 1 aromatic rings. The number of aliphatic carboxylic acids is 1. The van der Waals surface area contributed by atoms with Crippen molar-refractivity contribution in [2.45, 2.75) is 25.8 Å². The quantitative estimate of drug-likeness (QED) is 0.555. The number of carboxylic acid groups (broad SMARTS) is 1. The molecule has 0 aromatic heterocycles. The van der Waals surface area contributed by atoms with Crippen molar-refractivity contribution in [1.29, 1.82) is 0 Å². The molecule has 1 rings (SSSR count). The molecule has 5 N–H and O–H groups in total. The lowest BCUT2D eigenvalue weighted by Crippen LogP contribution is -2.28. The number of hydrogen-bond acceptors (Lipinski definition) is 4. The van der Waals surface area contributed by atoms with Gasteiger partial charge in [0.2, 0.25) is 0 Å². The van der Waals surface area contributed by atoms with E-state index in [0.717, 1.165) is 5.56 Å². The molecule has 20 heavy (non-hydrogen) atoms. The first-order valence-electron chi connectivity index (χ1n) is 6.00. The van der Waals surface area contributed by atoms with Crippen LogP contribution in [0.3, 0.4) is 0 Å². The van der Waals surface area contributed by atoms with Crippen LogP contribution in [0.15, 0.2) is 24.3 Å². The van der Waals surface area contributed by atoms with E-state index in [1.54, 1.807) is 19.1 Å². The topological polar surface area (TPSA) is 130 Å². The zero-order chi connectivity index (χ0) is 15.3. The summed E-state index contributed by atoms with van der Waals surface area (Å²) in [5.74, 6) is -1.33. The summed E-state index contributed by atoms with van der Waals surface area (Å²) >= 11 is 0. The van der Waals surface area contributed by atoms with Crippen LogP contribution in [-0.2, 0) is 15.8 Å². The summed E-state index contributed by atoms with van der Waals surface area (Å²) in [4.78, 5) is 28.0. The molecule has 0 heterocycles. The van der Waals surface area contributed by atoms with Gasteiger partial charge in [0.25, 0.3) is 0 Å². The molecular formula is C12H18NO6P. The Morgan fingerprint density at radius 1 is 1.35 bits per heavy atom. The highest BCUT2D eigenvalue weighted by molar-refractivity contribution is 7.46. The first kappa shape index (κ1) is 16.7. The largest absolute Gasteiger partial charge is 0.524 e. The van der Waals surface area contributed by atoms with E-state index in [4.69, 9.17) is 20.6 Å². The smallest absolute Gasteiger partial charge is 0.481 e. The zero-order valence-corrected chi connectivity index (χ0v) is 11.9. The van der Waals surface area contributed by atoms with Gasteiger partial charge in [-0.05, 0) is 30.5 Å². The van der Waals surface area contributed by atoms with Crippen LogP contribution in [-0.4, -0.2) is 26.9 Å². The summed E-state index contributed by atoms with van der Waals surface area (Å²) in [6, 6.07) is 5.84. The SMILES string of the molecule is CC(C[C@@H](N)Cc1ccc(OP(=O)(O)O)cc1)C(=O)O. The Hall–Kier alpha value is -1.40. The number of benzene rings is 1. The van der Waals surface area contributed by atoms with Crippen LogP contribution in [0.4, 0.5) is 0 Å². The van der Waals surface area contributed by atoms with E-state index in [1.165, 1.54) is 12.1 Å². The van der Waals surface area contributed by atoms with Crippen molar-refractivity contribution in [2.75, 3.05) is 0 Å². The van der Waals surface area contributed by atoms with E-state index in [0.29, 0.717) is 12.8 Å². The molecule has 8 heteroatoms. The van der Waals surface area contributed by atoms with Crippen LogP contribution in [0.25, 0.3) is 0 Å². The van der Waals surface area contributed by atoms with Crippen LogP contribution < -0.4 is 10.3 Å². The maximum atomic E-state index is 10.7. The predicted octanol–water partition coefficient (Wildman–Crippen LogP) is 1.14. The lowest BCUT2D eigenvalue weighted by atomic mass is 9.97. The van der Waals surface area contributed by atoms with Crippen molar-refractivity contribution in [1.82, 2.24) is 0 Å². The number of carbonyl (C=O) groups is 1. The van der Waals surface area contributed by atoms with Gasteiger partial charge in [0, 0.05) is 6.04 Å². The summed E-state index contributed by atoms with van der Waals surface area (Å²) in [5, 5.41) is 8.80. The summed E-state index contributed by atoms with van der Waals surface area (Å²) in [5.41, 5.74) is 6.71. The minimum Gasteiger partial charge on any atom is -0.481 e. The lowest BCUT2D eigenvalue weighted by molar-refractivity contribution is -0.141. The van der Waals surface area contributed by atoms with Crippen molar-refractivity contribution in [3.05, 3.63) is 29.8 Å². The molecule has 7 nitrogen and oxygen atoms in total. The average molecular weight is 303 g/mol. The van der Waals surface area contributed by atoms with Gasteiger partial charge < -0.3 is 15.4 Å². The molecular weight excluding hydrogens is 285 g/mol. The Bertz CT molecular complexity index is 497. The van der Waals surface area contributed by atoms with Crippen LogP contribution in [0.1, 0.15) is 18.9 Å². The van der Waals surface area contributed by atoms with Gasteiger partial charge in [-0.2, -0.15) is 0 Å². The molecule has 1 unspecified atom stereocenters. The molecule has 0 aliphatic rings. The number of phosphoric ester groups is 1. The summed E-state index contributed by atoms with van der Waals surface area (Å²) in [6.07, 6.45) is 0.837. The average Bonchev–Trinajstić information content (AvgIpc) is 2.29. The van der Waals surface area contributed by atoms with E-state index < -0.39 is 19.7 Å². The van der Waals surface area contributed by atoms with E-state index in [9.17, 15) is 9.36 Å². The number of rotatable bonds is 7. The maximum Gasteiger partial charge on any atom is 0.524 e. The van der Waals surface area contributed by atoms with Crippen LogP contribution in [0.5, 0.6) is 5.75 Å². The molecule has 0 bridgehead atoms. The standard InChI is InChI=1S/C12H18NO6P/c1-8(12(14)15)6-10(13)7-9-2-4-11(5-3-9)19-20(16,17)18/h2-5,8,10H,6-7,13H2,1H3,(H,14,15)(H2,16,17,18)/t8?,10-/m1/s1. The number of nitrogens with two attached hydrogens (primary N) is 1. The van der Waals surface area contributed by atoms with Crippen molar-refractivity contribution >= 4 is 13.8 Å². The molecule has 0 spiro atoms. The molecule has 0 aliphatic carbocycles. The van der Waals surface area contributed by atoms with Crippen LogP contribution in [0, 0.1) is 5.92 Å². The fourth-order valence-electron chi connectivity index (χ4n) is 1.76. The zero-order valence-electron chi connectivity index (χ0n) is 11.0. The van der Waals surface area contributed by atoms with Gasteiger partial charge in [0.1, 0.15) is 5.75 Å². The highest BCUT2D eigenvalue weighted by Gasteiger charge is 2.17. The third-order valence-electron chi connectivity index (χ3n) is 2.72. The molecule has 0 aliphatic heterocycles. The van der Waals surface area contributed by atoms with Gasteiger partial charge in [-0.15, -0.1) is 0 Å². The Morgan fingerprint density at radius 3 is 2.35 bits per heavy atom. The Morgan fingerprint density at radius 2 is 1.90 bits per heavy atom. The van der Waals surface area contributed by atoms with Crippen molar-refractivity contribution in [3.63, 3.8) is 0 Å².